The second-order valence-electron chi connectivity index (χ2n) is 3.28. The minimum atomic E-state index is -4.58. The molecule has 0 spiro atoms. The number of benzene rings is 1. The van der Waals surface area contributed by atoms with Crippen molar-refractivity contribution in [2.24, 2.45) is 0 Å². The number of aromatic nitrogens is 2. The Balaban J connectivity index is 2.56. The summed E-state index contributed by atoms with van der Waals surface area (Å²) >= 11 is 0. The van der Waals surface area contributed by atoms with Crippen LogP contribution in [0.25, 0.3) is 11.3 Å². The number of halogens is 3. The van der Waals surface area contributed by atoms with Crippen LogP contribution < -0.4 is 0 Å². The molecule has 0 aliphatic rings. The number of H-pyrrole nitrogens is 1. The normalized spacial score (nSPS) is 11.2. The second-order valence-corrected chi connectivity index (χ2v) is 3.28. The number of rotatable bonds is 1. The fourth-order valence-corrected chi connectivity index (χ4v) is 1.40. The maximum Gasteiger partial charge on any atom is 0.449 e. The van der Waals surface area contributed by atoms with E-state index in [2.05, 4.69) is 9.97 Å². The molecule has 3 nitrogen and oxygen atoms in total. The smallest absolute Gasteiger partial charge is 0.333 e. The molecular formula is C11H6F3N3. The lowest BCUT2D eigenvalue weighted by molar-refractivity contribution is -0.144. The van der Waals surface area contributed by atoms with Crippen molar-refractivity contribution in [3.05, 3.63) is 41.9 Å². The molecule has 0 unspecified atom stereocenters. The first kappa shape index (κ1) is 11.2. The third kappa shape index (κ3) is 2.13. The van der Waals surface area contributed by atoms with Crippen LogP contribution in [-0.4, -0.2) is 9.97 Å². The van der Waals surface area contributed by atoms with E-state index in [0.29, 0.717) is 5.56 Å². The van der Waals surface area contributed by atoms with Gasteiger partial charge in [-0.3, -0.25) is 0 Å². The quantitative estimate of drug-likeness (QED) is 0.828. The molecule has 0 radical (unpaired) electrons. The third-order valence-electron chi connectivity index (χ3n) is 2.14. The van der Waals surface area contributed by atoms with Gasteiger partial charge in [0.15, 0.2) is 5.69 Å². The number of imidazole rings is 1. The van der Waals surface area contributed by atoms with Crippen molar-refractivity contribution >= 4 is 0 Å². The van der Waals surface area contributed by atoms with E-state index in [-0.39, 0.29) is 11.4 Å². The molecule has 2 aromatic rings. The molecular weight excluding hydrogens is 231 g/mol. The van der Waals surface area contributed by atoms with Crippen molar-refractivity contribution < 1.29 is 13.2 Å². The van der Waals surface area contributed by atoms with E-state index in [1.807, 2.05) is 0 Å². The maximum absolute atomic E-state index is 12.4. The summed E-state index contributed by atoms with van der Waals surface area (Å²) in [5, 5.41) is 8.76. The molecule has 0 fully saturated rings. The molecule has 1 aromatic carbocycles. The van der Waals surface area contributed by atoms with Crippen LogP contribution in [0.15, 0.2) is 30.3 Å². The van der Waals surface area contributed by atoms with Crippen LogP contribution >= 0.6 is 0 Å². The zero-order chi connectivity index (χ0) is 12.5. The molecule has 86 valence electrons. The van der Waals surface area contributed by atoms with Crippen molar-refractivity contribution in [1.82, 2.24) is 9.97 Å². The Kier molecular flexibility index (Phi) is 2.60. The Labute approximate surface area is 94.5 Å². The number of alkyl halides is 3. The van der Waals surface area contributed by atoms with Gasteiger partial charge < -0.3 is 4.98 Å². The molecule has 0 atom stereocenters. The molecule has 0 bridgehead atoms. The van der Waals surface area contributed by atoms with Crippen LogP contribution in [0.5, 0.6) is 0 Å². The molecule has 6 heteroatoms. The van der Waals surface area contributed by atoms with E-state index in [1.54, 1.807) is 36.4 Å². The standard InChI is InChI=1S/C11H6F3N3/c12-11(13,14)10-16-8(6-15)9(17-10)7-4-2-1-3-5-7/h1-5H,(H,16,17). The SMILES string of the molecule is N#Cc1nc(C(F)(F)F)[nH]c1-c1ccccc1. The van der Waals surface area contributed by atoms with Crippen LogP contribution in [-0.2, 0) is 6.18 Å². The number of nitriles is 1. The van der Waals surface area contributed by atoms with Crippen molar-refractivity contribution in [1.29, 1.82) is 5.26 Å². The largest absolute Gasteiger partial charge is 0.449 e. The molecule has 17 heavy (non-hydrogen) atoms. The lowest BCUT2D eigenvalue weighted by atomic mass is 10.1. The minimum Gasteiger partial charge on any atom is -0.333 e. The summed E-state index contributed by atoms with van der Waals surface area (Å²) in [5.74, 6) is -1.16. The van der Waals surface area contributed by atoms with Crippen LogP contribution in [0.2, 0.25) is 0 Å². The molecule has 2 rings (SSSR count). The summed E-state index contributed by atoms with van der Waals surface area (Å²) in [6.45, 7) is 0. The fraction of sp³-hybridized carbons (Fsp3) is 0.0909. The number of hydrogen-bond acceptors (Lipinski definition) is 2. The van der Waals surface area contributed by atoms with Gasteiger partial charge in [0.2, 0.25) is 5.82 Å². The summed E-state index contributed by atoms with van der Waals surface area (Å²) in [7, 11) is 0. The summed E-state index contributed by atoms with van der Waals surface area (Å²) < 4.78 is 37.3. The molecule has 1 aromatic heterocycles. The monoisotopic (exact) mass is 237 g/mol. The Morgan fingerprint density at radius 3 is 2.35 bits per heavy atom. The van der Waals surface area contributed by atoms with Crippen molar-refractivity contribution in [2.75, 3.05) is 0 Å². The van der Waals surface area contributed by atoms with E-state index in [1.165, 1.54) is 0 Å². The van der Waals surface area contributed by atoms with Gasteiger partial charge in [-0.1, -0.05) is 30.3 Å². The van der Waals surface area contributed by atoms with Crippen LogP contribution in [0.1, 0.15) is 11.5 Å². The molecule has 0 aliphatic heterocycles. The van der Waals surface area contributed by atoms with Gasteiger partial charge in [-0.15, -0.1) is 0 Å². The Bertz CT molecular complexity index is 564. The van der Waals surface area contributed by atoms with Crippen molar-refractivity contribution in [2.45, 2.75) is 6.18 Å². The van der Waals surface area contributed by atoms with Gasteiger partial charge >= 0.3 is 6.18 Å². The average Bonchev–Trinajstić information content (AvgIpc) is 2.73. The van der Waals surface area contributed by atoms with Gasteiger partial charge in [-0.2, -0.15) is 18.4 Å². The van der Waals surface area contributed by atoms with Crippen molar-refractivity contribution in [3.8, 4) is 17.3 Å². The van der Waals surface area contributed by atoms with Gasteiger partial charge in [0, 0.05) is 5.56 Å². The minimum absolute atomic E-state index is 0.0837. The van der Waals surface area contributed by atoms with Gasteiger partial charge in [0.1, 0.15) is 6.07 Å². The molecule has 0 aliphatic carbocycles. The summed E-state index contributed by atoms with van der Waals surface area (Å²) in [6.07, 6.45) is -4.58. The zero-order valence-corrected chi connectivity index (χ0v) is 8.42. The van der Waals surface area contributed by atoms with E-state index in [9.17, 15) is 13.2 Å². The Morgan fingerprint density at radius 2 is 1.82 bits per heavy atom. The lowest BCUT2D eigenvalue weighted by Crippen LogP contribution is -2.07. The third-order valence-corrected chi connectivity index (χ3v) is 2.14. The molecule has 0 saturated heterocycles. The molecule has 0 saturated carbocycles. The first-order valence-electron chi connectivity index (χ1n) is 4.65. The maximum atomic E-state index is 12.4. The highest BCUT2D eigenvalue weighted by molar-refractivity contribution is 5.65. The van der Waals surface area contributed by atoms with Gasteiger partial charge in [-0.05, 0) is 0 Å². The van der Waals surface area contributed by atoms with Gasteiger partial charge in [0.25, 0.3) is 0 Å². The highest BCUT2D eigenvalue weighted by Gasteiger charge is 2.35. The number of hydrogen-bond donors (Lipinski definition) is 1. The average molecular weight is 237 g/mol. The molecule has 1 heterocycles. The predicted molar refractivity (Wildman–Crippen MR) is 53.7 cm³/mol. The predicted octanol–water partition coefficient (Wildman–Crippen LogP) is 2.97. The van der Waals surface area contributed by atoms with E-state index >= 15 is 0 Å². The first-order valence-corrected chi connectivity index (χ1v) is 4.65. The first-order chi connectivity index (χ1) is 8.02. The van der Waals surface area contributed by atoms with Crippen LogP contribution in [0.3, 0.4) is 0 Å². The Hall–Kier alpha value is -2.29. The highest BCUT2D eigenvalue weighted by Crippen LogP contribution is 2.30. The Morgan fingerprint density at radius 1 is 1.18 bits per heavy atom. The zero-order valence-electron chi connectivity index (χ0n) is 8.42. The van der Waals surface area contributed by atoms with Crippen molar-refractivity contribution in [3.63, 3.8) is 0 Å². The number of aromatic amines is 1. The van der Waals surface area contributed by atoms with E-state index < -0.39 is 12.0 Å². The van der Waals surface area contributed by atoms with Crippen LogP contribution in [0.4, 0.5) is 13.2 Å². The topological polar surface area (TPSA) is 52.5 Å². The summed E-state index contributed by atoms with van der Waals surface area (Å²) in [4.78, 5) is 5.36. The molecule has 1 N–H and O–H groups in total. The summed E-state index contributed by atoms with van der Waals surface area (Å²) in [6, 6.07) is 9.93. The van der Waals surface area contributed by atoms with Crippen LogP contribution in [0, 0.1) is 11.3 Å². The summed E-state index contributed by atoms with van der Waals surface area (Å²) in [5.41, 5.74) is 0.316. The van der Waals surface area contributed by atoms with Gasteiger partial charge in [-0.25, -0.2) is 4.98 Å². The second kappa shape index (κ2) is 3.94. The van der Waals surface area contributed by atoms with Gasteiger partial charge in [0.05, 0.1) is 5.69 Å². The van der Waals surface area contributed by atoms with E-state index in [0.717, 1.165) is 0 Å². The van der Waals surface area contributed by atoms with E-state index in [4.69, 9.17) is 5.26 Å². The lowest BCUT2D eigenvalue weighted by Gasteiger charge is -2.00. The number of nitrogens with zero attached hydrogens (tertiary/aromatic N) is 2. The number of nitrogens with one attached hydrogen (secondary N) is 1. The highest BCUT2D eigenvalue weighted by atomic mass is 19.4. The molecule has 0 amide bonds. The fourth-order valence-electron chi connectivity index (χ4n) is 1.40.